The summed E-state index contributed by atoms with van der Waals surface area (Å²) in [6.07, 6.45) is 0.313. The van der Waals surface area contributed by atoms with Crippen molar-refractivity contribution in [2.45, 2.75) is 52.2 Å². The van der Waals surface area contributed by atoms with Crippen molar-refractivity contribution >= 4 is 48.3 Å². The van der Waals surface area contributed by atoms with Gasteiger partial charge in [-0.3, -0.25) is 14.2 Å². The summed E-state index contributed by atoms with van der Waals surface area (Å²) in [7, 11) is -4.66. The molecule has 1 rings (SSSR count). The van der Waals surface area contributed by atoms with Crippen LogP contribution in [0.2, 0.25) is 10.0 Å². The van der Waals surface area contributed by atoms with Crippen molar-refractivity contribution in [3.05, 3.63) is 28.2 Å². The first kappa shape index (κ1) is 24.9. The number of carbonyl (C=O) groups is 2. The fraction of sp³-hybridized carbons (Fsp3) is 0.556. The highest BCUT2D eigenvalue weighted by Crippen LogP contribution is 2.44. The molecule has 0 radical (unpaired) electrons. The van der Waals surface area contributed by atoms with Gasteiger partial charge in [0.1, 0.15) is 11.7 Å². The van der Waals surface area contributed by atoms with E-state index in [1.54, 1.807) is 19.9 Å². The van der Waals surface area contributed by atoms with Crippen molar-refractivity contribution < 1.29 is 23.9 Å². The van der Waals surface area contributed by atoms with Crippen molar-refractivity contribution in [3.8, 4) is 0 Å². The molecule has 2 atom stereocenters. The van der Waals surface area contributed by atoms with Gasteiger partial charge in [0.2, 0.25) is 11.8 Å². The molecule has 7 nitrogen and oxygen atoms in total. The topological polar surface area (TPSA) is 116 Å². The average Bonchev–Trinajstić information content (AvgIpc) is 2.53. The molecule has 28 heavy (non-hydrogen) atoms. The zero-order chi connectivity index (χ0) is 21.6. The Morgan fingerprint density at radius 1 is 1.00 bits per heavy atom. The molecule has 0 heterocycles. The molecule has 0 aliphatic rings. The van der Waals surface area contributed by atoms with Crippen LogP contribution >= 0.6 is 30.8 Å². The molecule has 0 aromatic heterocycles. The van der Waals surface area contributed by atoms with Crippen LogP contribution in [0.4, 0.5) is 5.69 Å². The first-order valence-corrected chi connectivity index (χ1v) is 11.4. The van der Waals surface area contributed by atoms with Crippen molar-refractivity contribution in [3.63, 3.8) is 0 Å². The van der Waals surface area contributed by atoms with Crippen LogP contribution in [-0.4, -0.2) is 33.3 Å². The summed E-state index contributed by atoms with van der Waals surface area (Å²) >= 11 is 11.8. The second kappa shape index (κ2) is 10.6. The van der Waals surface area contributed by atoms with E-state index >= 15 is 0 Å². The third-order valence-electron chi connectivity index (χ3n) is 3.93. The molecule has 2 amide bonds. The third-order valence-corrected chi connectivity index (χ3v) is 5.93. The molecule has 0 bridgehead atoms. The Balaban J connectivity index is 2.99. The molecule has 0 saturated heterocycles. The molecule has 158 valence electrons. The normalized spacial score (nSPS) is 14.1. The van der Waals surface area contributed by atoms with Gasteiger partial charge in [-0.2, -0.15) is 0 Å². The molecule has 1 aromatic rings. The number of halogens is 2. The average molecular weight is 453 g/mol. The number of carbonyl (C=O) groups excluding carboxylic acids is 2. The standard InChI is InChI=1S/C18H27Cl2N2O5P/c1-10(2)7-15(17(23)21-12-5-6-13(19)14(20)9-12)22-18(24)16(8-11(3)4)28(25,26)27/h5-6,9-11,15-16H,7-8H2,1-4H3,(H,21,23)(H,22,24)(H2,25,26,27)/t15-,16?/m0/s1. The van der Waals surface area contributed by atoms with E-state index in [1.165, 1.54) is 12.1 Å². The first-order valence-electron chi connectivity index (χ1n) is 8.92. The third kappa shape index (κ3) is 8.10. The maximum absolute atomic E-state index is 12.7. The summed E-state index contributed by atoms with van der Waals surface area (Å²) in [4.78, 5) is 44.3. The highest BCUT2D eigenvalue weighted by Gasteiger charge is 2.37. The number of benzene rings is 1. The minimum absolute atomic E-state index is 0.0128. The number of hydrogen-bond acceptors (Lipinski definition) is 3. The molecular weight excluding hydrogens is 426 g/mol. The van der Waals surface area contributed by atoms with Crippen LogP contribution in [0, 0.1) is 11.8 Å². The number of anilines is 1. The van der Waals surface area contributed by atoms with Gasteiger partial charge < -0.3 is 20.4 Å². The van der Waals surface area contributed by atoms with Crippen LogP contribution < -0.4 is 10.6 Å². The minimum Gasteiger partial charge on any atom is -0.343 e. The Hall–Kier alpha value is -1.11. The van der Waals surface area contributed by atoms with Crippen molar-refractivity contribution in [2.24, 2.45) is 11.8 Å². The lowest BCUT2D eigenvalue weighted by Crippen LogP contribution is -2.48. The zero-order valence-electron chi connectivity index (χ0n) is 16.3. The van der Waals surface area contributed by atoms with Crippen LogP contribution in [0.25, 0.3) is 0 Å². The van der Waals surface area contributed by atoms with E-state index in [4.69, 9.17) is 23.2 Å². The molecule has 0 fully saturated rings. The lowest BCUT2D eigenvalue weighted by molar-refractivity contribution is -0.127. The summed E-state index contributed by atoms with van der Waals surface area (Å²) in [5.41, 5.74) is -1.10. The Morgan fingerprint density at radius 2 is 1.57 bits per heavy atom. The van der Waals surface area contributed by atoms with Gasteiger partial charge in [0, 0.05) is 5.69 Å². The van der Waals surface area contributed by atoms with Crippen molar-refractivity contribution in [1.29, 1.82) is 0 Å². The van der Waals surface area contributed by atoms with E-state index in [9.17, 15) is 23.9 Å². The van der Waals surface area contributed by atoms with Gasteiger partial charge in [-0.05, 0) is 42.9 Å². The van der Waals surface area contributed by atoms with Crippen LogP contribution in [0.5, 0.6) is 0 Å². The van der Waals surface area contributed by atoms with E-state index < -0.39 is 31.1 Å². The Kier molecular flexibility index (Phi) is 9.44. The number of hydrogen-bond donors (Lipinski definition) is 4. The smallest absolute Gasteiger partial charge is 0.337 e. The second-order valence-electron chi connectivity index (χ2n) is 7.54. The fourth-order valence-corrected chi connectivity index (χ4v) is 3.99. The summed E-state index contributed by atoms with van der Waals surface area (Å²) in [5, 5.41) is 5.76. The van der Waals surface area contributed by atoms with Gasteiger partial charge in [0.05, 0.1) is 10.0 Å². The highest BCUT2D eigenvalue weighted by molar-refractivity contribution is 7.53. The van der Waals surface area contributed by atoms with E-state index in [0.717, 1.165) is 0 Å². The molecule has 0 saturated carbocycles. The number of amides is 2. The van der Waals surface area contributed by atoms with Gasteiger partial charge in [0.15, 0.2) is 0 Å². The van der Waals surface area contributed by atoms with Gasteiger partial charge in [0.25, 0.3) is 0 Å². The molecule has 4 N–H and O–H groups in total. The summed E-state index contributed by atoms with van der Waals surface area (Å²) in [6.45, 7) is 7.28. The molecular formula is C18H27Cl2N2O5P. The minimum atomic E-state index is -4.66. The van der Waals surface area contributed by atoms with Crippen LogP contribution in [0.3, 0.4) is 0 Å². The lowest BCUT2D eigenvalue weighted by Gasteiger charge is -2.25. The van der Waals surface area contributed by atoms with Crippen molar-refractivity contribution in [1.82, 2.24) is 5.32 Å². The largest absolute Gasteiger partial charge is 0.343 e. The fourth-order valence-electron chi connectivity index (χ4n) is 2.62. The maximum Gasteiger partial charge on any atom is 0.337 e. The highest BCUT2D eigenvalue weighted by atomic mass is 35.5. The van der Waals surface area contributed by atoms with Crippen LogP contribution in [-0.2, 0) is 14.2 Å². The molecule has 1 aromatic carbocycles. The van der Waals surface area contributed by atoms with E-state index in [2.05, 4.69) is 10.6 Å². The van der Waals surface area contributed by atoms with Gasteiger partial charge in [-0.25, -0.2) is 0 Å². The van der Waals surface area contributed by atoms with E-state index in [1.807, 2.05) is 13.8 Å². The number of rotatable bonds is 9. The van der Waals surface area contributed by atoms with E-state index in [-0.39, 0.29) is 23.3 Å². The molecule has 0 aliphatic carbocycles. The van der Waals surface area contributed by atoms with Gasteiger partial charge in [-0.1, -0.05) is 50.9 Å². The second-order valence-corrected chi connectivity index (χ2v) is 10.2. The SMILES string of the molecule is CC(C)CC(C(=O)N[C@@H](CC(C)C)C(=O)Nc1ccc(Cl)c(Cl)c1)P(=O)(O)O. The summed E-state index contributed by atoms with van der Waals surface area (Å²) in [5.74, 6) is -1.38. The molecule has 10 heteroatoms. The van der Waals surface area contributed by atoms with E-state index in [0.29, 0.717) is 17.1 Å². The summed E-state index contributed by atoms with van der Waals surface area (Å²) in [6, 6.07) is 3.62. The first-order chi connectivity index (χ1) is 12.8. The predicted octanol–water partition coefficient (Wildman–Crippen LogP) is 4.06. The Labute approximate surface area is 175 Å². The zero-order valence-corrected chi connectivity index (χ0v) is 18.7. The Morgan fingerprint density at radius 3 is 2.04 bits per heavy atom. The van der Waals surface area contributed by atoms with Gasteiger partial charge >= 0.3 is 7.60 Å². The maximum atomic E-state index is 12.7. The predicted molar refractivity (Wildman–Crippen MR) is 112 cm³/mol. The lowest BCUT2D eigenvalue weighted by atomic mass is 10.0. The Bertz CT molecular complexity index is 751. The van der Waals surface area contributed by atoms with Gasteiger partial charge in [-0.15, -0.1) is 0 Å². The van der Waals surface area contributed by atoms with Crippen molar-refractivity contribution in [2.75, 3.05) is 5.32 Å². The van der Waals surface area contributed by atoms with Crippen LogP contribution in [0.1, 0.15) is 40.5 Å². The molecule has 0 spiro atoms. The molecule has 1 unspecified atom stereocenters. The summed E-state index contributed by atoms with van der Waals surface area (Å²) < 4.78 is 11.7. The quantitative estimate of drug-likeness (QED) is 0.421. The monoisotopic (exact) mass is 452 g/mol. The number of nitrogens with one attached hydrogen (secondary N) is 2. The molecule has 0 aliphatic heterocycles. The van der Waals surface area contributed by atoms with Crippen LogP contribution in [0.15, 0.2) is 18.2 Å².